The lowest BCUT2D eigenvalue weighted by Crippen LogP contribution is -2.37. The van der Waals surface area contributed by atoms with Crippen molar-refractivity contribution < 1.29 is 24.2 Å². The van der Waals surface area contributed by atoms with E-state index in [2.05, 4.69) is 12.2 Å². The van der Waals surface area contributed by atoms with Gasteiger partial charge in [-0.05, 0) is 19.9 Å². The van der Waals surface area contributed by atoms with Crippen molar-refractivity contribution in [2.75, 3.05) is 7.05 Å². The largest absolute Gasteiger partial charge is 0.481 e. The molecule has 0 saturated carbocycles. The Balaban J connectivity index is 3.69. The lowest BCUT2D eigenvalue weighted by molar-refractivity contribution is -0.161. The van der Waals surface area contributed by atoms with Crippen LogP contribution in [0.2, 0.25) is 0 Å². The van der Waals surface area contributed by atoms with E-state index < -0.39 is 23.9 Å². The Bertz CT molecular complexity index is 370. The number of hydrogen-bond donors (Lipinski definition) is 2. The summed E-state index contributed by atoms with van der Waals surface area (Å²) in [4.78, 5) is 33.9. The summed E-state index contributed by atoms with van der Waals surface area (Å²) in [5, 5.41) is 11.3. The fourth-order valence-corrected chi connectivity index (χ4v) is 2.46. The van der Waals surface area contributed by atoms with Crippen molar-refractivity contribution in [2.24, 2.45) is 0 Å². The Morgan fingerprint density at radius 3 is 1.96 bits per heavy atom. The topological polar surface area (TPSA) is 92.7 Å². The number of rotatable bonds is 15. The first-order chi connectivity index (χ1) is 11.5. The number of carbonyl (C=O) groups excluding carboxylic acids is 2. The third-order valence-electron chi connectivity index (χ3n) is 3.98. The van der Waals surface area contributed by atoms with Crippen molar-refractivity contribution in [3.05, 3.63) is 0 Å². The highest BCUT2D eigenvalue weighted by Gasteiger charge is 2.21. The van der Waals surface area contributed by atoms with Crippen LogP contribution in [0.15, 0.2) is 0 Å². The third kappa shape index (κ3) is 13.0. The molecule has 0 aliphatic heterocycles. The molecule has 0 spiro atoms. The molecule has 2 N–H and O–H groups in total. The van der Waals surface area contributed by atoms with Gasteiger partial charge in [0, 0.05) is 12.8 Å². The van der Waals surface area contributed by atoms with Crippen LogP contribution in [0, 0.1) is 0 Å². The second kappa shape index (κ2) is 15.1. The summed E-state index contributed by atoms with van der Waals surface area (Å²) in [6.07, 6.45) is 10.6. The zero-order chi connectivity index (χ0) is 18.2. The van der Waals surface area contributed by atoms with E-state index >= 15 is 0 Å². The summed E-state index contributed by atoms with van der Waals surface area (Å²) in [7, 11) is 1.54. The Morgan fingerprint density at radius 2 is 1.46 bits per heavy atom. The van der Waals surface area contributed by atoms with Crippen molar-refractivity contribution in [3.8, 4) is 0 Å². The average Bonchev–Trinajstić information content (AvgIpc) is 2.53. The van der Waals surface area contributed by atoms with Gasteiger partial charge < -0.3 is 15.2 Å². The molecule has 24 heavy (non-hydrogen) atoms. The van der Waals surface area contributed by atoms with E-state index in [0.717, 1.165) is 19.3 Å². The van der Waals surface area contributed by atoms with Crippen LogP contribution in [0.1, 0.15) is 84.0 Å². The van der Waals surface area contributed by atoms with Gasteiger partial charge in [0.05, 0.1) is 0 Å². The minimum atomic E-state index is -0.982. The van der Waals surface area contributed by atoms with Crippen molar-refractivity contribution in [1.82, 2.24) is 5.32 Å². The van der Waals surface area contributed by atoms with Gasteiger partial charge in [-0.15, -0.1) is 0 Å². The number of nitrogens with one attached hydrogen (secondary N) is 1. The molecule has 0 radical (unpaired) electrons. The standard InChI is InChI=1S/C18H33NO5/c1-3-4-5-6-7-8-9-10-11-12-17(22)24-18(23)15(19-2)13-14-16(20)21/h15,19H,3-14H2,1-2H3,(H,20,21)/t15-/m0/s1. The fraction of sp³-hybridized carbons (Fsp3) is 0.833. The van der Waals surface area contributed by atoms with E-state index in [1.54, 1.807) is 7.05 Å². The molecular weight excluding hydrogens is 310 g/mol. The zero-order valence-corrected chi connectivity index (χ0v) is 15.1. The van der Waals surface area contributed by atoms with Gasteiger partial charge in [0.15, 0.2) is 0 Å². The number of likely N-dealkylation sites (N-methyl/N-ethyl adjacent to an activating group) is 1. The maximum Gasteiger partial charge on any atom is 0.330 e. The SMILES string of the molecule is CCCCCCCCCCCC(=O)OC(=O)[C@H](CCC(=O)O)NC. The van der Waals surface area contributed by atoms with Crippen LogP contribution < -0.4 is 5.32 Å². The first kappa shape index (κ1) is 22.6. The fourth-order valence-electron chi connectivity index (χ4n) is 2.46. The van der Waals surface area contributed by atoms with Gasteiger partial charge in [-0.25, -0.2) is 4.79 Å². The molecule has 6 heteroatoms. The minimum absolute atomic E-state index is 0.107. The molecule has 0 aliphatic carbocycles. The van der Waals surface area contributed by atoms with E-state index in [0.29, 0.717) is 0 Å². The minimum Gasteiger partial charge on any atom is -0.481 e. The number of carboxylic acid groups (broad SMARTS) is 1. The van der Waals surface area contributed by atoms with Crippen molar-refractivity contribution >= 4 is 17.9 Å². The monoisotopic (exact) mass is 343 g/mol. The van der Waals surface area contributed by atoms with Crippen LogP contribution in [0.5, 0.6) is 0 Å². The van der Waals surface area contributed by atoms with Crippen LogP contribution >= 0.6 is 0 Å². The highest BCUT2D eigenvalue weighted by molar-refractivity contribution is 5.88. The summed E-state index contributed by atoms with van der Waals surface area (Å²) in [6.45, 7) is 2.20. The van der Waals surface area contributed by atoms with Gasteiger partial charge in [-0.3, -0.25) is 9.59 Å². The van der Waals surface area contributed by atoms with Gasteiger partial charge in [0.25, 0.3) is 0 Å². The molecule has 6 nitrogen and oxygen atoms in total. The highest BCUT2D eigenvalue weighted by atomic mass is 16.6. The number of carbonyl (C=O) groups is 3. The summed E-state index contributed by atoms with van der Waals surface area (Å²) >= 11 is 0. The van der Waals surface area contributed by atoms with E-state index in [1.807, 2.05) is 0 Å². The lowest BCUT2D eigenvalue weighted by Gasteiger charge is -2.13. The smallest absolute Gasteiger partial charge is 0.330 e. The van der Waals surface area contributed by atoms with Gasteiger partial charge in [-0.2, -0.15) is 0 Å². The van der Waals surface area contributed by atoms with Crippen molar-refractivity contribution in [1.29, 1.82) is 0 Å². The zero-order valence-electron chi connectivity index (χ0n) is 15.1. The molecule has 0 rings (SSSR count). The number of ether oxygens (including phenoxy) is 1. The van der Waals surface area contributed by atoms with E-state index in [4.69, 9.17) is 9.84 Å². The first-order valence-corrected chi connectivity index (χ1v) is 9.14. The molecule has 0 unspecified atom stereocenters. The molecule has 0 saturated heterocycles. The van der Waals surface area contributed by atoms with Crippen LogP contribution in [0.4, 0.5) is 0 Å². The molecule has 0 aromatic heterocycles. The quantitative estimate of drug-likeness (QED) is 0.269. The van der Waals surface area contributed by atoms with Crippen LogP contribution in [0.25, 0.3) is 0 Å². The predicted octanol–water partition coefficient (Wildman–Crippen LogP) is 3.43. The number of esters is 2. The Kier molecular flexibility index (Phi) is 14.2. The van der Waals surface area contributed by atoms with Gasteiger partial charge >= 0.3 is 17.9 Å². The molecule has 1 atom stereocenters. The molecule has 0 aromatic carbocycles. The number of unbranched alkanes of at least 4 members (excludes halogenated alkanes) is 8. The van der Waals surface area contributed by atoms with Crippen molar-refractivity contribution in [2.45, 2.75) is 90.0 Å². The Morgan fingerprint density at radius 1 is 0.917 bits per heavy atom. The first-order valence-electron chi connectivity index (χ1n) is 9.14. The second-order valence-corrected chi connectivity index (χ2v) is 6.15. The third-order valence-corrected chi connectivity index (χ3v) is 3.98. The van der Waals surface area contributed by atoms with E-state index in [1.165, 1.54) is 38.5 Å². The predicted molar refractivity (Wildman–Crippen MR) is 92.7 cm³/mol. The molecule has 0 heterocycles. The maximum atomic E-state index is 11.8. The van der Waals surface area contributed by atoms with Crippen LogP contribution in [0.3, 0.4) is 0 Å². The summed E-state index contributed by atoms with van der Waals surface area (Å²) in [5.41, 5.74) is 0. The highest BCUT2D eigenvalue weighted by Crippen LogP contribution is 2.11. The van der Waals surface area contributed by atoms with Crippen LogP contribution in [-0.2, 0) is 19.1 Å². The molecule has 0 aliphatic rings. The molecule has 140 valence electrons. The maximum absolute atomic E-state index is 11.8. The number of carboxylic acids is 1. The molecule has 0 fully saturated rings. The van der Waals surface area contributed by atoms with Crippen molar-refractivity contribution in [3.63, 3.8) is 0 Å². The number of aliphatic carboxylic acids is 1. The van der Waals surface area contributed by atoms with Crippen LogP contribution in [-0.4, -0.2) is 36.1 Å². The van der Waals surface area contributed by atoms with E-state index in [9.17, 15) is 14.4 Å². The van der Waals surface area contributed by atoms with Gasteiger partial charge in [0.1, 0.15) is 6.04 Å². The molecule has 0 aromatic rings. The normalized spacial score (nSPS) is 11.9. The summed E-state index contributed by atoms with van der Waals surface area (Å²) in [5.74, 6) is -2.21. The lowest BCUT2D eigenvalue weighted by atomic mass is 10.1. The molecule has 0 bridgehead atoms. The molecule has 0 amide bonds. The Hall–Kier alpha value is -1.43. The van der Waals surface area contributed by atoms with Gasteiger partial charge in [0.2, 0.25) is 0 Å². The average molecular weight is 343 g/mol. The number of hydrogen-bond acceptors (Lipinski definition) is 5. The summed E-state index contributed by atoms with van der Waals surface area (Å²) < 4.78 is 4.77. The second-order valence-electron chi connectivity index (χ2n) is 6.15. The Labute approximate surface area is 145 Å². The molecular formula is C18H33NO5. The summed E-state index contributed by atoms with van der Waals surface area (Å²) in [6, 6.07) is -0.756. The van der Waals surface area contributed by atoms with E-state index in [-0.39, 0.29) is 19.3 Å². The van der Waals surface area contributed by atoms with Gasteiger partial charge in [-0.1, -0.05) is 58.3 Å².